The van der Waals surface area contributed by atoms with Crippen LogP contribution in [0.2, 0.25) is 0 Å². The Kier molecular flexibility index (Phi) is 5.44. The van der Waals surface area contributed by atoms with Crippen LogP contribution in [0.15, 0.2) is 84.9 Å². The summed E-state index contributed by atoms with van der Waals surface area (Å²) < 4.78 is 0. The number of carbonyl (C=O) groups excluding carboxylic acids is 2. The largest absolute Gasteiger partial charge is 0.318 e. The first-order chi connectivity index (χ1) is 12.6. The molecule has 0 saturated heterocycles. The number of hydrogen-bond donors (Lipinski definition) is 1. The van der Waals surface area contributed by atoms with Gasteiger partial charge in [-0.1, -0.05) is 66.2 Å². The molecule has 26 heavy (non-hydrogen) atoms. The van der Waals surface area contributed by atoms with Crippen LogP contribution in [-0.2, 0) is 16.1 Å². The predicted octanol–water partition coefficient (Wildman–Crippen LogP) is 4.17. The van der Waals surface area contributed by atoms with E-state index in [4.69, 9.17) is 0 Å². The second kappa shape index (κ2) is 8.12. The molecule has 0 radical (unpaired) electrons. The third-order valence-corrected chi connectivity index (χ3v) is 4.00. The molecule has 0 atom stereocenters. The minimum atomic E-state index is -0.659. The van der Waals surface area contributed by atoms with E-state index < -0.39 is 11.8 Å². The lowest BCUT2D eigenvalue weighted by Gasteiger charge is -2.22. The summed E-state index contributed by atoms with van der Waals surface area (Å²) in [5.41, 5.74) is 3.32. The zero-order valence-corrected chi connectivity index (χ0v) is 14.6. The van der Waals surface area contributed by atoms with Crippen LogP contribution < -0.4 is 10.2 Å². The lowest BCUT2D eigenvalue weighted by atomic mass is 10.2. The second-order valence-electron chi connectivity index (χ2n) is 6.03. The van der Waals surface area contributed by atoms with Crippen LogP contribution in [0.5, 0.6) is 0 Å². The Morgan fingerprint density at radius 2 is 1.38 bits per heavy atom. The van der Waals surface area contributed by atoms with Gasteiger partial charge in [0.1, 0.15) is 0 Å². The van der Waals surface area contributed by atoms with Crippen molar-refractivity contribution in [2.24, 2.45) is 0 Å². The van der Waals surface area contributed by atoms with Crippen molar-refractivity contribution in [1.29, 1.82) is 0 Å². The molecule has 0 heterocycles. The van der Waals surface area contributed by atoms with E-state index in [1.54, 1.807) is 12.1 Å². The van der Waals surface area contributed by atoms with Gasteiger partial charge in [0.05, 0.1) is 6.54 Å². The Hall–Kier alpha value is -3.40. The van der Waals surface area contributed by atoms with E-state index in [1.807, 2.05) is 79.7 Å². The standard InChI is InChI=1S/C22H20N2O2/c1-17-12-14-19(15-13-17)23-21(25)22(26)24(20-10-6-3-7-11-20)16-18-8-4-2-5-9-18/h2-15H,16H2,1H3,(H,23,25). The number of carbonyl (C=O) groups is 2. The zero-order valence-electron chi connectivity index (χ0n) is 14.6. The molecule has 0 fully saturated rings. The molecule has 0 spiro atoms. The second-order valence-corrected chi connectivity index (χ2v) is 6.03. The smallest absolute Gasteiger partial charge is 0.316 e. The highest BCUT2D eigenvalue weighted by Gasteiger charge is 2.23. The van der Waals surface area contributed by atoms with Gasteiger partial charge in [0.15, 0.2) is 0 Å². The number of nitrogens with one attached hydrogen (secondary N) is 1. The summed E-state index contributed by atoms with van der Waals surface area (Å²) in [6, 6.07) is 26.2. The van der Waals surface area contributed by atoms with Crippen molar-refractivity contribution < 1.29 is 9.59 Å². The molecule has 0 saturated carbocycles. The van der Waals surface area contributed by atoms with Gasteiger partial charge in [-0.3, -0.25) is 14.5 Å². The van der Waals surface area contributed by atoms with E-state index in [1.165, 1.54) is 4.90 Å². The quantitative estimate of drug-likeness (QED) is 0.722. The highest BCUT2D eigenvalue weighted by molar-refractivity contribution is 6.44. The van der Waals surface area contributed by atoms with Crippen molar-refractivity contribution in [1.82, 2.24) is 0 Å². The number of rotatable bonds is 4. The third kappa shape index (κ3) is 4.36. The highest BCUT2D eigenvalue weighted by atomic mass is 16.2. The van der Waals surface area contributed by atoms with E-state index in [-0.39, 0.29) is 0 Å². The first-order valence-corrected chi connectivity index (χ1v) is 8.42. The number of nitrogens with zero attached hydrogens (tertiary/aromatic N) is 1. The van der Waals surface area contributed by atoms with Crippen molar-refractivity contribution in [2.75, 3.05) is 10.2 Å². The van der Waals surface area contributed by atoms with Crippen LogP contribution in [0.4, 0.5) is 11.4 Å². The van der Waals surface area contributed by atoms with Crippen LogP contribution in [0, 0.1) is 6.92 Å². The third-order valence-electron chi connectivity index (χ3n) is 4.00. The molecule has 0 unspecified atom stereocenters. The minimum absolute atomic E-state index is 0.324. The Balaban J connectivity index is 1.82. The van der Waals surface area contributed by atoms with Gasteiger partial charge < -0.3 is 5.32 Å². The summed E-state index contributed by atoms with van der Waals surface area (Å²) in [6.45, 7) is 2.29. The SMILES string of the molecule is Cc1ccc(NC(=O)C(=O)N(Cc2ccccc2)c2ccccc2)cc1. The molecule has 0 aromatic heterocycles. The Labute approximate surface area is 153 Å². The van der Waals surface area contributed by atoms with Crippen LogP contribution >= 0.6 is 0 Å². The number of aryl methyl sites for hydroxylation is 1. The summed E-state index contributed by atoms with van der Waals surface area (Å²) >= 11 is 0. The van der Waals surface area contributed by atoms with E-state index in [0.717, 1.165) is 11.1 Å². The van der Waals surface area contributed by atoms with E-state index in [0.29, 0.717) is 17.9 Å². The molecule has 4 nitrogen and oxygen atoms in total. The molecule has 3 aromatic carbocycles. The summed E-state index contributed by atoms with van der Waals surface area (Å²) in [6.07, 6.45) is 0. The Morgan fingerprint density at radius 3 is 2.00 bits per heavy atom. The van der Waals surface area contributed by atoms with Crippen molar-refractivity contribution in [2.45, 2.75) is 13.5 Å². The van der Waals surface area contributed by atoms with Gasteiger partial charge in [0.25, 0.3) is 0 Å². The van der Waals surface area contributed by atoms with Gasteiger partial charge in [0.2, 0.25) is 0 Å². The first kappa shape index (κ1) is 17.4. The van der Waals surface area contributed by atoms with Gasteiger partial charge in [-0.2, -0.15) is 0 Å². The number of para-hydroxylation sites is 1. The number of hydrogen-bond acceptors (Lipinski definition) is 2. The average molecular weight is 344 g/mol. The van der Waals surface area contributed by atoms with Gasteiger partial charge in [0, 0.05) is 11.4 Å². The molecule has 4 heteroatoms. The molecule has 0 aliphatic rings. The molecule has 2 amide bonds. The van der Waals surface area contributed by atoms with Crippen molar-refractivity contribution >= 4 is 23.2 Å². The highest BCUT2D eigenvalue weighted by Crippen LogP contribution is 2.18. The maximum absolute atomic E-state index is 12.8. The maximum Gasteiger partial charge on any atom is 0.316 e. The molecular weight excluding hydrogens is 324 g/mol. The predicted molar refractivity (Wildman–Crippen MR) is 104 cm³/mol. The van der Waals surface area contributed by atoms with Crippen LogP contribution in [0.1, 0.15) is 11.1 Å². The van der Waals surface area contributed by atoms with Crippen molar-refractivity contribution in [3.63, 3.8) is 0 Å². The lowest BCUT2D eigenvalue weighted by molar-refractivity contribution is -0.134. The van der Waals surface area contributed by atoms with Gasteiger partial charge in [-0.25, -0.2) is 0 Å². The molecule has 0 aliphatic heterocycles. The fourth-order valence-electron chi connectivity index (χ4n) is 2.60. The molecule has 0 aliphatic carbocycles. The monoisotopic (exact) mass is 344 g/mol. The van der Waals surface area contributed by atoms with Crippen molar-refractivity contribution in [3.05, 3.63) is 96.1 Å². The summed E-state index contributed by atoms with van der Waals surface area (Å²) in [7, 11) is 0. The van der Waals surface area contributed by atoms with Crippen LogP contribution in [0.3, 0.4) is 0 Å². The van der Waals surface area contributed by atoms with E-state index in [9.17, 15) is 9.59 Å². The number of amides is 2. The molecule has 3 rings (SSSR count). The summed E-state index contributed by atoms with van der Waals surface area (Å²) in [5.74, 6) is -1.26. The minimum Gasteiger partial charge on any atom is -0.318 e. The Bertz CT molecular complexity index is 875. The van der Waals surface area contributed by atoms with E-state index in [2.05, 4.69) is 5.32 Å². The molecular formula is C22H20N2O2. The zero-order chi connectivity index (χ0) is 18.4. The fourth-order valence-corrected chi connectivity index (χ4v) is 2.60. The molecule has 3 aromatic rings. The van der Waals surface area contributed by atoms with E-state index >= 15 is 0 Å². The van der Waals surface area contributed by atoms with Gasteiger partial charge in [-0.05, 0) is 36.8 Å². The molecule has 130 valence electrons. The maximum atomic E-state index is 12.8. The van der Waals surface area contributed by atoms with Crippen molar-refractivity contribution in [3.8, 4) is 0 Å². The number of benzene rings is 3. The fraction of sp³-hybridized carbons (Fsp3) is 0.0909. The average Bonchev–Trinajstić information content (AvgIpc) is 2.69. The molecule has 0 bridgehead atoms. The summed E-state index contributed by atoms with van der Waals surface area (Å²) in [5, 5.41) is 2.67. The van der Waals surface area contributed by atoms with Crippen LogP contribution in [0.25, 0.3) is 0 Å². The van der Waals surface area contributed by atoms with Crippen LogP contribution in [-0.4, -0.2) is 11.8 Å². The topological polar surface area (TPSA) is 49.4 Å². The normalized spacial score (nSPS) is 10.2. The molecule has 1 N–H and O–H groups in total. The van der Waals surface area contributed by atoms with Gasteiger partial charge >= 0.3 is 11.8 Å². The summed E-state index contributed by atoms with van der Waals surface area (Å²) in [4.78, 5) is 26.8. The number of anilines is 2. The van der Waals surface area contributed by atoms with Gasteiger partial charge in [-0.15, -0.1) is 0 Å². The first-order valence-electron chi connectivity index (χ1n) is 8.42. The lowest BCUT2D eigenvalue weighted by Crippen LogP contribution is -2.39. The Morgan fingerprint density at radius 1 is 0.808 bits per heavy atom.